The molecule has 0 bridgehead atoms. The molecule has 8 heteroatoms. The fourth-order valence-electron chi connectivity index (χ4n) is 2.18. The van der Waals surface area contributed by atoms with Crippen LogP contribution < -0.4 is 19.1 Å². The molecule has 1 N–H and O–H groups in total. The smallest absolute Gasteiger partial charge is 0.240 e. The number of carbonyl (C=O) groups is 1. The fraction of sp³-hybridized carbons (Fsp3) is 0.562. The van der Waals surface area contributed by atoms with Crippen LogP contribution in [0.15, 0.2) is 18.2 Å². The van der Waals surface area contributed by atoms with Gasteiger partial charge in [-0.2, -0.15) is 0 Å². The van der Waals surface area contributed by atoms with Crippen LogP contribution in [-0.4, -0.2) is 46.4 Å². The monoisotopic (exact) mass is 356 g/mol. The van der Waals surface area contributed by atoms with Crippen molar-refractivity contribution in [3.63, 3.8) is 0 Å². The van der Waals surface area contributed by atoms with Gasteiger partial charge in [0.05, 0.1) is 11.9 Å². The topological polar surface area (TPSA) is 84.9 Å². The largest absolute Gasteiger partial charge is 0.486 e. The minimum absolute atomic E-state index is 0.0424. The zero-order valence-electron chi connectivity index (χ0n) is 14.4. The van der Waals surface area contributed by atoms with Crippen LogP contribution in [0.4, 0.5) is 5.69 Å². The molecule has 0 saturated carbocycles. The first kappa shape index (κ1) is 18.4. The van der Waals surface area contributed by atoms with Gasteiger partial charge in [0.1, 0.15) is 19.8 Å². The molecule has 7 nitrogen and oxygen atoms in total. The van der Waals surface area contributed by atoms with Gasteiger partial charge in [0.2, 0.25) is 15.9 Å². The Morgan fingerprint density at radius 1 is 1.21 bits per heavy atom. The third kappa shape index (κ3) is 4.53. The number of sulfonamides is 1. The molecule has 0 saturated heterocycles. The molecule has 1 aromatic rings. The Labute approximate surface area is 143 Å². The molecule has 1 amide bonds. The van der Waals surface area contributed by atoms with E-state index >= 15 is 0 Å². The van der Waals surface area contributed by atoms with E-state index in [1.54, 1.807) is 18.2 Å². The highest BCUT2D eigenvalue weighted by Crippen LogP contribution is 2.34. The molecule has 1 aliphatic heterocycles. The minimum Gasteiger partial charge on any atom is -0.486 e. The average molecular weight is 356 g/mol. The molecule has 1 aliphatic rings. The summed E-state index contributed by atoms with van der Waals surface area (Å²) >= 11 is 0. The maximum Gasteiger partial charge on any atom is 0.240 e. The van der Waals surface area contributed by atoms with E-state index in [0.717, 1.165) is 10.6 Å². The van der Waals surface area contributed by atoms with E-state index in [2.05, 4.69) is 5.32 Å². The molecule has 0 radical (unpaired) electrons. The number of amides is 1. The first-order valence-electron chi connectivity index (χ1n) is 7.85. The molecule has 1 aromatic carbocycles. The van der Waals surface area contributed by atoms with Gasteiger partial charge in [0.25, 0.3) is 0 Å². The number of anilines is 1. The number of carbonyl (C=O) groups excluding carboxylic acids is 1. The van der Waals surface area contributed by atoms with Crippen molar-refractivity contribution in [2.24, 2.45) is 5.92 Å². The third-order valence-corrected chi connectivity index (χ3v) is 5.03. The standard InChI is InChI=1S/C16H24N2O5S/c1-11(2)12(3)17-16(19)10-18(24(4,20)21)13-5-6-14-15(9-13)23-8-7-22-14/h5-6,9,11-12H,7-8,10H2,1-4H3,(H,17,19)/t12-/m1/s1. The summed E-state index contributed by atoms with van der Waals surface area (Å²) < 4.78 is 36.2. The summed E-state index contributed by atoms with van der Waals surface area (Å²) in [5, 5.41) is 2.81. The highest BCUT2D eigenvalue weighted by Gasteiger charge is 2.24. The maximum atomic E-state index is 12.2. The van der Waals surface area contributed by atoms with Crippen molar-refractivity contribution in [3.8, 4) is 11.5 Å². The van der Waals surface area contributed by atoms with Crippen LogP contribution in [0, 0.1) is 5.92 Å². The highest BCUT2D eigenvalue weighted by atomic mass is 32.2. The second-order valence-electron chi connectivity index (χ2n) is 6.20. The van der Waals surface area contributed by atoms with Crippen molar-refractivity contribution >= 4 is 21.6 Å². The summed E-state index contributed by atoms with van der Waals surface area (Å²) in [5.74, 6) is 0.950. The van der Waals surface area contributed by atoms with E-state index < -0.39 is 10.0 Å². The van der Waals surface area contributed by atoms with Gasteiger partial charge in [-0.05, 0) is 25.0 Å². The lowest BCUT2D eigenvalue weighted by Crippen LogP contribution is -2.44. The van der Waals surface area contributed by atoms with Crippen molar-refractivity contribution in [1.82, 2.24) is 5.32 Å². The SMILES string of the molecule is CC(C)[C@@H](C)NC(=O)CN(c1ccc2c(c1)OCCO2)S(C)(=O)=O. The summed E-state index contributed by atoms with van der Waals surface area (Å²) in [6.45, 7) is 6.44. The number of fused-ring (bicyclic) bond motifs is 1. The summed E-state index contributed by atoms with van der Waals surface area (Å²) in [6.07, 6.45) is 1.07. The van der Waals surface area contributed by atoms with E-state index in [4.69, 9.17) is 9.47 Å². The number of hydrogen-bond donors (Lipinski definition) is 1. The zero-order valence-corrected chi connectivity index (χ0v) is 15.2. The third-order valence-electron chi connectivity index (χ3n) is 3.89. The first-order valence-corrected chi connectivity index (χ1v) is 9.70. The summed E-state index contributed by atoms with van der Waals surface area (Å²) in [6, 6.07) is 4.79. The summed E-state index contributed by atoms with van der Waals surface area (Å²) in [7, 11) is -3.62. The number of nitrogens with one attached hydrogen (secondary N) is 1. The Bertz CT molecular complexity index is 702. The number of nitrogens with zero attached hydrogens (tertiary/aromatic N) is 1. The molecule has 0 unspecified atom stereocenters. The normalized spacial score (nSPS) is 15.0. The molecule has 1 heterocycles. The van der Waals surface area contributed by atoms with E-state index in [1.807, 2.05) is 20.8 Å². The first-order chi connectivity index (χ1) is 11.2. The van der Waals surface area contributed by atoms with Gasteiger partial charge in [0.15, 0.2) is 11.5 Å². The van der Waals surface area contributed by atoms with Gasteiger partial charge in [-0.15, -0.1) is 0 Å². The van der Waals surface area contributed by atoms with Gasteiger partial charge in [-0.1, -0.05) is 13.8 Å². The van der Waals surface area contributed by atoms with Gasteiger partial charge >= 0.3 is 0 Å². The molecular weight excluding hydrogens is 332 g/mol. The number of hydrogen-bond acceptors (Lipinski definition) is 5. The molecule has 0 spiro atoms. The molecule has 24 heavy (non-hydrogen) atoms. The maximum absolute atomic E-state index is 12.2. The van der Waals surface area contributed by atoms with E-state index in [-0.39, 0.29) is 24.4 Å². The number of benzene rings is 1. The van der Waals surface area contributed by atoms with Crippen molar-refractivity contribution in [2.75, 3.05) is 30.3 Å². The van der Waals surface area contributed by atoms with Crippen LogP contribution in [-0.2, 0) is 14.8 Å². The van der Waals surface area contributed by atoms with Crippen LogP contribution in [0.1, 0.15) is 20.8 Å². The Hall–Kier alpha value is -1.96. The second-order valence-corrected chi connectivity index (χ2v) is 8.10. The molecule has 1 atom stereocenters. The lowest BCUT2D eigenvalue weighted by molar-refractivity contribution is -0.120. The van der Waals surface area contributed by atoms with Crippen molar-refractivity contribution < 1.29 is 22.7 Å². The van der Waals surface area contributed by atoms with Gasteiger partial charge in [0, 0.05) is 12.1 Å². The Balaban J connectivity index is 2.22. The lowest BCUT2D eigenvalue weighted by atomic mass is 10.1. The Morgan fingerprint density at radius 3 is 2.42 bits per heavy atom. The van der Waals surface area contributed by atoms with Crippen molar-refractivity contribution in [3.05, 3.63) is 18.2 Å². The molecule has 0 aliphatic carbocycles. The lowest BCUT2D eigenvalue weighted by Gasteiger charge is -2.26. The van der Waals surface area contributed by atoms with E-state index in [0.29, 0.717) is 30.4 Å². The average Bonchev–Trinajstić information content (AvgIpc) is 2.51. The summed E-state index contributed by atoms with van der Waals surface area (Å²) in [4.78, 5) is 12.2. The number of rotatable bonds is 6. The van der Waals surface area contributed by atoms with Crippen LogP contribution in [0.5, 0.6) is 11.5 Å². The van der Waals surface area contributed by atoms with E-state index in [9.17, 15) is 13.2 Å². The Morgan fingerprint density at radius 2 is 1.83 bits per heavy atom. The van der Waals surface area contributed by atoms with Crippen LogP contribution in [0.25, 0.3) is 0 Å². The van der Waals surface area contributed by atoms with Crippen LogP contribution in [0.3, 0.4) is 0 Å². The number of ether oxygens (including phenoxy) is 2. The van der Waals surface area contributed by atoms with Crippen molar-refractivity contribution in [1.29, 1.82) is 0 Å². The molecule has 0 fully saturated rings. The Kier molecular flexibility index (Phi) is 5.58. The van der Waals surface area contributed by atoms with Gasteiger partial charge < -0.3 is 14.8 Å². The summed E-state index contributed by atoms with van der Waals surface area (Å²) in [5.41, 5.74) is 0.370. The molecular formula is C16H24N2O5S. The van der Waals surface area contributed by atoms with Gasteiger partial charge in [-0.3, -0.25) is 9.10 Å². The van der Waals surface area contributed by atoms with Gasteiger partial charge in [-0.25, -0.2) is 8.42 Å². The quantitative estimate of drug-likeness (QED) is 0.832. The second kappa shape index (κ2) is 7.29. The molecule has 2 rings (SSSR count). The van der Waals surface area contributed by atoms with E-state index in [1.165, 1.54) is 0 Å². The fourth-order valence-corrected chi connectivity index (χ4v) is 3.03. The highest BCUT2D eigenvalue weighted by molar-refractivity contribution is 7.92. The van der Waals surface area contributed by atoms with Crippen LogP contribution in [0.2, 0.25) is 0 Å². The molecule has 0 aromatic heterocycles. The predicted octanol–water partition coefficient (Wildman–Crippen LogP) is 1.38. The van der Waals surface area contributed by atoms with Crippen molar-refractivity contribution in [2.45, 2.75) is 26.8 Å². The predicted molar refractivity (Wildman–Crippen MR) is 92.1 cm³/mol. The van der Waals surface area contributed by atoms with Crippen LogP contribution >= 0.6 is 0 Å². The molecule has 134 valence electrons. The minimum atomic E-state index is -3.62. The zero-order chi connectivity index (χ0) is 17.9.